The lowest BCUT2D eigenvalue weighted by Gasteiger charge is -2.21. The molecule has 1 aliphatic rings. The topological polar surface area (TPSA) is 40.5 Å². The molecule has 0 bridgehead atoms. The summed E-state index contributed by atoms with van der Waals surface area (Å²) in [7, 11) is 0. The Kier molecular flexibility index (Phi) is 1.83. The van der Waals surface area contributed by atoms with E-state index in [0.29, 0.717) is 0 Å². The maximum atomic E-state index is 10.5. The quantitative estimate of drug-likeness (QED) is 0.558. The van der Waals surface area contributed by atoms with Crippen LogP contribution in [0.25, 0.3) is 0 Å². The summed E-state index contributed by atoms with van der Waals surface area (Å²) in [5, 5.41) is 8.68. The molecule has 58 valence electrons. The Labute approximate surface area is 60.6 Å². The highest BCUT2D eigenvalue weighted by atomic mass is 16.4. The third kappa shape index (κ3) is 1.08. The lowest BCUT2D eigenvalue weighted by Crippen LogP contribution is -2.37. The normalized spacial score (nSPS) is 32.8. The van der Waals surface area contributed by atoms with Gasteiger partial charge in [0, 0.05) is 12.1 Å². The predicted molar refractivity (Wildman–Crippen MR) is 38.0 cm³/mol. The first-order valence-electron chi connectivity index (χ1n) is 3.64. The van der Waals surface area contributed by atoms with E-state index < -0.39 is 6.09 Å². The first kappa shape index (κ1) is 7.38. The molecule has 3 nitrogen and oxygen atoms in total. The molecule has 1 N–H and O–H groups in total. The molecule has 0 aliphatic carbocycles. The van der Waals surface area contributed by atoms with Crippen molar-refractivity contribution in [3.63, 3.8) is 0 Å². The molecule has 0 saturated carbocycles. The fourth-order valence-electron chi connectivity index (χ4n) is 1.57. The van der Waals surface area contributed by atoms with Gasteiger partial charge in [-0.2, -0.15) is 0 Å². The molecule has 0 unspecified atom stereocenters. The fraction of sp³-hybridized carbons (Fsp3) is 0.857. The predicted octanol–water partition coefficient (Wildman–Crippen LogP) is 1.54. The van der Waals surface area contributed by atoms with Gasteiger partial charge in [0.1, 0.15) is 0 Å². The summed E-state index contributed by atoms with van der Waals surface area (Å²) >= 11 is 0. The molecule has 0 aromatic heterocycles. The Hall–Kier alpha value is -0.730. The van der Waals surface area contributed by atoms with Crippen LogP contribution in [0.15, 0.2) is 0 Å². The molecular formula is C7H13NO2. The van der Waals surface area contributed by atoms with E-state index in [4.69, 9.17) is 5.11 Å². The number of rotatable bonds is 0. The van der Waals surface area contributed by atoms with Crippen LogP contribution in [0.3, 0.4) is 0 Å². The Morgan fingerprint density at radius 2 is 1.80 bits per heavy atom. The van der Waals surface area contributed by atoms with Gasteiger partial charge in [-0.05, 0) is 26.7 Å². The number of carboxylic acid groups (broad SMARTS) is 1. The maximum Gasteiger partial charge on any atom is 0.407 e. The van der Waals surface area contributed by atoms with Crippen molar-refractivity contribution < 1.29 is 9.90 Å². The van der Waals surface area contributed by atoms with Gasteiger partial charge >= 0.3 is 6.09 Å². The molecule has 1 rings (SSSR count). The van der Waals surface area contributed by atoms with E-state index in [1.807, 2.05) is 13.8 Å². The number of amides is 1. The largest absolute Gasteiger partial charge is 0.465 e. The van der Waals surface area contributed by atoms with E-state index >= 15 is 0 Å². The van der Waals surface area contributed by atoms with Gasteiger partial charge in [-0.25, -0.2) is 4.79 Å². The average Bonchev–Trinajstić information content (AvgIpc) is 2.11. The summed E-state index contributed by atoms with van der Waals surface area (Å²) in [5.74, 6) is 0. The third-order valence-electron chi connectivity index (χ3n) is 2.17. The molecule has 0 spiro atoms. The van der Waals surface area contributed by atoms with Crippen molar-refractivity contribution in [3.05, 3.63) is 0 Å². The first-order chi connectivity index (χ1) is 4.63. The molecule has 1 heterocycles. The lowest BCUT2D eigenvalue weighted by atomic mass is 10.2. The molecule has 2 atom stereocenters. The van der Waals surface area contributed by atoms with E-state index in [-0.39, 0.29) is 12.1 Å². The van der Waals surface area contributed by atoms with Crippen molar-refractivity contribution in [2.24, 2.45) is 0 Å². The minimum Gasteiger partial charge on any atom is -0.465 e. The van der Waals surface area contributed by atoms with Crippen LogP contribution < -0.4 is 0 Å². The van der Waals surface area contributed by atoms with Crippen molar-refractivity contribution in [2.45, 2.75) is 38.8 Å². The van der Waals surface area contributed by atoms with Crippen molar-refractivity contribution >= 4 is 6.09 Å². The molecule has 1 fully saturated rings. The number of hydrogen-bond donors (Lipinski definition) is 1. The monoisotopic (exact) mass is 143 g/mol. The van der Waals surface area contributed by atoms with Crippen LogP contribution in [0.5, 0.6) is 0 Å². The van der Waals surface area contributed by atoms with E-state index in [1.54, 1.807) is 0 Å². The van der Waals surface area contributed by atoms with Crippen molar-refractivity contribution in [1.82, 2.24) is 4.90 Å². The zero-order valence-electron chi connectivity index (χ0n) is 6.37. The first-order valence-corrected chi connectivity index (χ1v) is 3.64. The Balaban J connectivity index is 2.63. The SMILES string of the molecule is C[C@@H]1CC[C@@H](C)N1C(=O)O. The second-order valence-electron chi connectivity index (χ2n) is 2.97. The summed E-state index contributed by atoms with van der Waals surface area (Å²) in [6.07, 6.45) is 1.23. The fourth-order valence-corrected chi connectivity index (χ4v) is 1.57. The van der Waals surface area contributed by atoms with Gasteiger partial charge in [0.05, 0.1) is 0 Å². The van der Waals surface area contributed by atoms with Gasteiger partial charge in [-0.1, -0.05) is 0 Å². The van der Waals surface area contributed by atoms with Gasteiger partial charge in [-0.3, -0.25) is 0 Å². The molecule has 1 aliphatic heterocycles. The van der Waals surface area contributed by atoms with E-state index in [2.05, 4.69) is 0 Å². The van der Waals surface area contributed by atoms with Crippen LogP contribution in [-0.2, 0) is 0 Å². The Morgan fingerprint density at radius 3 is 2.00 bits per heavy atom. The van der Waals surface area contributed by atoms with Crippen LogP contribution in [0.1, 0.15) is 26.7 Å². The smallest absolute Gasteiger partial charge is 0.407 e. The number of nitrogens with zero attached hydrogens (tertiary/aromatic N) is 1. The lowest BCUT2D eigenvalue weighted by molar-refractivity contribution is 0.129. The zero-order chi connectivity index (χ0) is 7.72. The number of hydrogen-bond acceptors (Lipinski definition) is 1. The summed E-state index contributed by atoms with van der Waals surface area (Å²) in [6.45, 7) is 3.91. The Bertz CT molecular complexity index is 137. The molecule has 0 aromatic rings. The molecule has 1 saturated heterocycles. The molecule has 10 heavy (non-hydrogen) atoms. The van der Waals surface area contributed by atoms with Gasteiger partial charge in [0.25, 0.3) is 0 Å². The second kappa shape index (κ2) is 2.48. The highest BCUT2D eigenvalue weighted by Crippen LogP contribution is 2.22. The molecule has 3 heteroatoms. The van der Waals surface area contributed by atoms with E-state index in [1.165, 1.54) is 4.90 Å². The van der Waals surface area contributed by atoms with Gasteiger partial charge in [0.15, 0.2) is 0 Å². The van der Waals surface area contributed by atoms with E-state index in [0.717, 1.165) is 12.8 Å². The standard InChI is InChI=1S/C7H13NO2/c1-5-3-4-6(2)8(5)7(9)10/h5-6H,3-4H2,1-2H3,(H,9,10)/t5-,6-/m1/s1. The molecule has 0 radical (unpaired) electrons. The zero-order valence-corrected chi connectivity index (χ0v) is 6.37. The minimum atomic E-state index is -0.780. The number of likely N-dealkylation sites (tertiary alicyclic amines) is 1. The summed E-state index contributed by atoms with van der Waals surface area (Å²) in [6, 6.07) is 0.431. The summed E-state index contributed by atoms with van der Waals surface area (Å²) in [4.78, 5) is 12.1. The van der Waals surface area contributed by atoms with Crippen molar-refractivity contribution in [3.8, 4) is 0 Å². The van der Waals surface area contributed by atoms with Crippen LogP contribution in [0.4, 0.5) is 4.79 Å². The van der Waals surface area contributed by atoms with Gasteiger partial charge in [0.2, 0.25) is 0 Å². The third-order valence-corrected chi connectivity index (χ3v) is 2.17. The van der Waals surface area contributed by atoms with Crippen LogP contribution in [0.2, 0.25) is 0 Å². The van der Waals surface area contributed by atoms with Crippen LogP contribution in [0, 0.1) is 0 Å². The minimum absolute atomic E-state index is 0.215. The maximum absolute atomic E-state index is 10.5. The van der Waals surface area contributed by atoms with Crippen molar-refractivity contribution in [2.75, 3.05) is 0 Å². The molecule has 0 aromatic carbocycles. The summed E-state index contributed by atoms with van der Waals surface area (Å²) in [5.41, 5.74) is 0. The highest BCUT2D eigenvalue weighted by Gasteiger charge is 2.30. The van der Waals surface area contributed by atoms with Crippen molar-refractivity contribution in [1.29, 1.82) is 0 Å². The molecule has 1 amide bonds. The van der Waals surface area contributed by atoms with Gasteiger partial charge < -0.3 is 10.0 Å². The Morgan fingerprint density at radius 1 is 1.40 bits per heavy atom. The van der Waals surface area contributed by atoms with E-state index in [9.17, 15) is 4.79 Å². The average molecular weight is 143 g/mol. The molecular weight excluding hydrogens is 130 g/mol. The van der Waals surface area contributed by atoms with Crippen LogP contribution in [-0.4, -0.2) is 28.2 Å². The summed E-state index contributed by atoms with van der Waals surface area (Å²) < 4.78 is 0. The highest BCUT2D eigenvalue weighted by molar-refractivity contribution is 5.66. The second-order valence-corrected chi connectivity index (χ2v) is 2.97. The number of carbonyl (C=O) groups is 1. The van der Waals surface area contributed by atoms with Gasteiger partial charge in [-0.15, -0.1) is 0 Å². The van der Waals surface area contributed by atoms with Crippen LogP contribution >= 0.6 is 0 Å².